The zero-order valence-electron chi connectivity index (χ0n) is 18.1. The molecule has 2 aromatic carbocycles. The standard InChI is InChI=1S/C24H21ClF2N4O3/c25-18-4-2-1-3-16(18)23(32)31-8-7-20-17(14-31)22(34-21-6-5-15(26)13-19(21)27)29-24(28-20)30-9-11-33-12-10-30/h1-6,13H,7-12,14H2. The summed E-state index contributed by atoms with van der Waals surface area (Å²) in [5, 5.41) is 0.363. The average Bonchev–Trinajstić information content (AvgIpc) is 2.86. The Kier molecular flexibility index (Phi) is 6.30. The molecule has 2 aliphatic heterocycles. The first kappa shape index (κ1) is 22.5. The second kappa shape index (κ2) is 9.52. The summed E-state index contributed by atoms with van der Waals surface area (Å²) in [7, 11) is 0. The van der Waals surface area contributed by atoms with Crippen molar-refractivity contribution in [2.45, 2.75) is 13.0 Å². The zero-order valence-corrected chi connectivity index (χ0v) is 18.9. The molecule has 176 valence electrons. The van der Waals surface area contributed by atoms with Crippen LogP contribution in [0.4, 0.5) is 14.7 Å². The molecule has 7 nitrogen and oxygen atoms in total. The number of morpholine rings is 1. The maximum atomic E-state index is 14.4. The van der Waals surface area contributed by atoms with Gasteiger partial charge in [-0.2, -0.15) is 4.98 Å². The molecule has 3 aromatic rings. The number of halogens is 3. The van der Waals surface area contributed by atoms with Crippen molar-refractivity contribution in [1.29, 1.82) is 0 Å². The third-order valence-corrected chi connectivity index (χ3v) is 6.13. The highest BCUT2D eigenvalue weighted by molar-refractivity contribution is 6.33. The molecular weight excluding hydrogens is 466 g/mol. The highest BCUT2D eigenvalue weighted by atomic mass is 35.5. The Bertz CT molecular complexity index is 1240. The molecule has 2 aliphatic rings. The van der Waals surface area contributed by atoms with Crippen molar-refractivity contribution in [3.8, 4) is 11.6 Å². The van der Waals surface area contributed by atoms with Gasteiger partial charge < -0.3 is 19.3 Å². The number of carbonyl (C=O) groups is 1. The lowest BCUT2D eigenvalue weighted by atomic mass is 10.0. The Hall–Kier alpha value is -3.30. The van der Waals surface area contributed by atoms with Crippen molar-refractivity contribution in [3.05, 3.63) is 75.9 Å². The third kappa shape index (κ3) is 4.53. The number of aromatic nitrogens is 2. The van der Waals surface area contributed by atoms with Crippen molar-refractivity contribution in [2.75, 3.05) is 37.7 Å². The SMILES string of the molecule is O=C(c1ccccc1Cl)N1CCc2nc(N3CCOCC3)nc(Oc3ccc(F)cc3F)c2C1. The fourth-order valence-corrected chi connectivity index (χ4v) is 4.22. The summed E-state index contributed by atoms with van der Waals surface area (Å²) in [6.07, 6.45) is 0.466. The molecular formula is C24H21ClF2N4O3. The molecule has 0 aliphatic carbocycles. The number of nitrogens with zero attached hydrogens (tertiary/aromatic N) is 4. The van der Waals surface area contributed by atoms with E-state index in [1.165, 1.54) is 6.07 Å². The van der Waals surface area contributed by atoms with Gasteiger partial charge in [-0.25, -0.2) is 13.8 Å². The summed E-state index contributed by atoms with van der Waals surface area (Å²) >= 11 is 6.23. The van der Waals surface area contributed by atoms with Gasteiger partial charge in [0.05, 0.1) is 41.6 Å². The smallest absolute Gasteiger partial charge is 0.255 e. The number of carbonyl (C=O) groups excluding carboxylic acids is 1. The molecule has 0 unspecified atom stereocenters. The minimum absolute atomic E-state index is 0.133. The Balaban J connectivity index is 1.51. The topological polar surface area (TPSA) is 67.8 Å². The minimum atomic E-state index is -0.847. The molecule has 0 saturated carbocycles. The molecule has 3 heterocycles. The van der Waals surface area contributed by atoms with Gasteiger partial charge in [0.2, 0.25) is 11.8 Å². The molecule has 10 heteroatoms. The molecule has 0 spiro atoms. The van der Waals surface area contributed by atoms with Crippen LogP contribution in [0.15, 0.2) is 42.5 Å². The van der Waals surface area contributed by atoms with E-state index in [0.29, 0.717) is 61.4 Å². The van der Waals surface area contributed by atoms with E-state index in [2.05, 4.69) is 4.98 Å². The molecule has 1 fully saturated rings. The zero-order chi connectivity index (χ0) is 23.7. The average molecular weight is 487 g/mol. The lowest BCUT2D eigenvalue weighted by molar-refractivity contribution is 0.0732. The van der Waals surface area contributed by atoms with Gasteiger partial charge in [0.1, 0.15) is 5.82 Å². The van der Waals surface area contributed by atoms with E-state index >= 15 is 0 Å². The number of benzene rings is 2. The van der Waals surface area contributed by atoms with Gasteiger partial charge >= 0.3 is 0 Å². The van der Waals surface area contributed by atoms with Crippen LogP contribution in [-0.4, -0.2) is 53.6 Å². The Morgan fingerprint density at radius 3 is 2.62 bits per heavy atom. The van der Waals surface area contributed by atoms with Crippen LogP contribution in [0.3, 0.4) is 0 Å². The number of anilines is 1. The largest absolute Gasteiger partial charge is 0.435 e. The van der Waals surface area contributed by atoms with E-state index in [4.69, 9.17) is 26.1 Å². The fourth-order valence-electron chi connectivity index (χ4n) is 4.00. The maximum absolute atomic E-state index is 14.4. The van der Waals surface area contributed by atoms with Gasteiger partial charge in [-0.15, -0.1) is 0 Å². The minimum Gasteiger partial charge on any atom is -0.435 e. The Morgan fingerprint density at radius 1 is 1.06 bits per heavy atom. The number of amides is 1. The van der Waals surface area contributed by atoms with Crippen LogP contribution < -0.4 is 9.64 Å². The van der Waals surface area contributed by atoms with Gasteiger partial charge in [-0.05, 0) is 24.3 Å². The van der Waals surface area contributed by atoms with Crippen LogP contribution in [0, 0.1) is 11.6 Å². The highest BCUT2D eigenvalue weighted by Crippen LogP contribution is 2.33. The summed E-state index contributed by atoms with van der Waals surface area (Å²) in [5.41, 5.74) is 1.69. The quantitative estimate of drug-likeness (QED) is 0.549. The highest BCUT2D eigenvalue weighted by Gasteiger charge is 2.29. The second-order valence-corrected chi connectivity index (χ2v) is 8.39. The van der Waals surface area contributed by atoms with Gasteiger partial charge in [0, 0.05) is 32.1 Å². The molecule has 1 saturated heterocycles. The number of rotatable bonds is 4. The first-order valence-electron chi connectivity index (χ1n) is 10.9. The van der Waals surface area contributed by atoms with Crippen LogP contribution in [0.1, 0.15) is 21.6 Å². The van der Waals surface area contributed by atoms with Gasteiger partial charge in [-0.3, -0.25) is 4.79 Å². The molecule has 0 bridgehead atoms. The van der Waals surface area contributed by atoms with E-state index in [9.17, 15) is 13.6 Å². The molecule has 0 atom stereocenters. The van der Waals surface area contributed by atoms with Crippen LogP contribution >= 0.6 is 11.6 Å². The van der Waals surface area contributed by atoms with Gasteiger partial charge in [-0.1, -0.05) is 23.7 Å². The van der Waals surface area contributed by atoms with Crippen LogP contribution in [0.5, 0.6) is 11.6 Å². The molecule has 1 aromatic heterocycles. The van der Waals surface area contributed by atoms with E-state index in [1.807, 2.05) is 4.90 Å². The second-order valence-electron chi connectivity index (χ2n) is 7.99. The van der Waals surface area contributed by atoms with Crippen LogP contribution in [0.25, 0.3) is 0 Å². The van der Waals surface area contributed by atoms with Crippen LogP contribution in [0.2, 0.25) is 5.02 Å². The normalized spacial score (nSPS) is 15.7. The van der Waals surface area contributed by atoms with Crippen molar-refractivity contribution in [1.82, 2.24) is 14.9 Å². The maximum Gasteiger partial charge on any atom is 0.255 e. The first-order valence-corrected chi connectivity index (χ1v) is 11.3. The molecule has 0 N–H and O–H groups in total. The summed E-state index contributed by atoms with van der Waals surface area (Å²) < 4.78 is 39.0. The first-order chi connectivity index (χ1) is 16.5. The molecule has 1 amide bonds. The Labute approximate surface area is 199 Å². The number of fused-ring (bicyclic) bond motifs is 1. The summed E-state index contributed by atoms with van der Waals surface area (Å²) in [5.74, 6) is -1.36. The van der Waals surface area contributed by atoms with Crippen molar-refractivity contribution < 1.29 is 23.0 Å². The number of hydrogen-bond acceptors (Lipinski definition) is 6. The van der Waals surface area contributed by atoms with Crippen LogP contribution in [-0.2, 0) is 17.7 Å². The third-order valence-electron chi connectivity index (χ3n) is 5.80. The fraction of sp³-hybridized carbons (Fsp3) is 0.292. The van der Waals surface area contributed by atoms with Crippen molar-refractivity contribution in [3.63, 3.8) is 0 Å². The van der Waals surface area contributed by atoms with E-state index < -0.39 is 11.6 Å². The van der Waals surface area contributed by atoms with E-state index in [-0.39, 0.29) is 24.1 Å². The number of hydrogen-bond donors (Lipinski definition) is 0. The summed E-state index contributed by atoms with van der Waals surface area (Å²) in [4.78, 5) is 26.0. The molecule has 34 heavy (non-hydrogen) atoms. The van der Waals surface area contributed by atoms with Crippen molar-refractivity contribution in [2.24, 2.45) is 0 Å². The molecule has 5 rings (SSSR count). The number of ether oxygens (including phenoxy) is 2. The van der Waals surface area contributed by atoms with Crippen molar-refractivity contribution >= 4 is 23.5 Å². The molecule has 0 radical (unpaired) electrons. The van der Waals surface area contributed by atoms with E-state index in [1.54, 1.807) is 29.2 Å². The lowest BCUT2D eigenvalue weighted by Crippen LogP contribution is -2.39. The summed E-state index contributed by atoms with van der Waals surface area (Å²) in [6.45, 7) is 2.91. The Morgan fingerprint density at radius 2 is 1.85 bits per heavy atom. The van der Waals surface area contributed by atoms with Gasteiger partial charge in [0.25, 0.3) is 5.91 Å². The van der Waals surface area contributed by atoms with Gasteiger partial charge in [0.15, 0.2) is 11.6 Å². The predicted octanol–water partition coefficient (Wildman–Crippen LogP) is 4.24. The lowest BCUT2D eigenvalue weighted by Gasteiger charge is -2.32. The summed E-state index contributed by atoms with van der Waals surface area (Å²) in [6, 6.07) is 9.92. The predicted molar refractivity (Wildman–Crippen MR) is 121 cm³/mol. The van der Waals surface area contributed by atoms with E-state index in [0.717, 1.165) is 17.8 Å². The monoisotopic (exact) mass is 486 g/mol.